The topological polar surface area (TPSA) is 102 Å². The molecule has 204 valence electrons. The van der Waals surface area contributed by atoms with Crippen molar-refractivity contribution >= 4 is 34.7 Å². The van der Waals surface area contributed by atoms with E-state index in [2.05, 4.69) is 49.9 Å². The smallest absolute Gasteiger partial charge is 0.321 e. The average Bonchev–Trinajstić information content (AvgIpc) is 2.92. The first-order valence-corrected chi connectivity index (χ1v) is 13.2. The number of nitrogens with zero attached hydrogens (tertiary/aromatic N) is 4. The fourth-order valence-electron chi connectivity index (χ4n) is 4.52. The number of aromatic nitrogens is 2. The number of rotatable bonds is 9. The van der Waals surface area contributed by atoms with Gasteiger partial charge >= 0.3 is 6.03 Å². The molecule has 0 bridgehead atoms. The molecule has 0 aliphatic heterocycles. The standard InChI is InChI=1S/C30H37N7O2/c1-6-20-7-8-21-9-10-22(23-15-25(18-31-17-23)35-30(39)37(4)5)16-26(21)28(20)29(38)34-24-11-12-27(33-19-24)32-13-14-36(2)3/h9-12,15-19H,6-8,13-14H2,1-5H3,(H,32,33)(H,34,38)(H,35,39). The molecule has 9 nitrogen and oxygen atoms in total. The zero-order valence-electron chi connectivity index (χ0n) is 23.3. The number of hydrogen-bond donors (Lipinski definition) is 3. The molecule has 0 fully saturated rings. The summed E-state index contributed by atoms with van der Waals surface area (Å²) in [5.41, 5.74) is 6.99. The number of aryl methyl sites for hydroxylation is 1. The number of carbonyl (C=O) groups excluding carboxylic acids is 2. The molecule has 0 radical (unpaired) electrons. The van der Waals surface area contributed by atoms with Crippen LogP contribution >= 0.6 is 0 Å². The summed E-state index contributed by atoms with van der Waals surface area (Å²) < 4.78 is 0. The fraction of sp³-hybridized carbons (Fsp3) is 0.333. The van der Waals surface area contributed by atoms with Gasteiger partial charge in [-0.05, 0) is 74.3 Å². The molecular formula is C30H37N7O2. The third kappa shape index (κ3) is 7.00. The van der Waals surface area contributed by atoms with E-state index in [4.69, 9.17) is 0 Å². The second kappa shape index (κ2) is 12.5. The van der Waals surface area contributed by atoms with Crippen molar-refractivity contribution in [2.75, 3.05) is 57.2 Å². The van der Waals surface area contributed by atoms with Gasteiger partial charge in [-0.15, -0.1) is 0 Å². The summed E-state index contributed by atoms with van der Waals surface area (Å²) in [4.78, 5) is 38.1. The van der Waals surface area contributed by atoms with Crippen molar-refractivity contribution in [3.05, 3.63) is 71.7 Å². The number of benzene rings is 1. The van der Waals surface area contributed by atoms with Crippen LogP contribution in [-0.2, 0) is 11.2 Å². The molecule has 9 heteroatoms. The highest BCUT2D eigenvalue weighted by molar-refractivity contribution is 6.26. The van der Waals surface area contributed by atoms with Gasteiger partial charge in [-0.1, -0.05) is 24.6 Å². The molecule has 2 aromatic heterocycles. The average molecular weight is 528 g/mol. The summed E-state index contributed by atoms with van der Waals surface area (Å²) in [6.45, 7) is 3.78. The van der Waals surface area contributed by atoms with Crippen LogP contribution in [0.4, 0.5) is 22.0 Å². The molecule has 1 aromatic carbocycles. The second-order valence-electron chi connectivity index (χ2n) is 10.1. The normalized spacial score (nSPS) is 12.7. The molecule has 0 saturated heterocycles. The van der Waals surface area contributed by atoms with Crippen LogP contribution in [0.15, 0.2) is 60.6 Å². The van der Waals surface area contributed by atoms with E-state index in [0.29, 0.717) is 11.4 Å². The van der Waals surface area contributed by atoms with Crippen molar-refractivity contribution in [3.8, 4) is 11.1 Å². The van der Waals surface area contributed by atoms with Crippen molar-refractivity contribution in [1.29, 1.82) is 0 Å². The van der Waals surface area contributed by atoms with Crippen LogP contribution in [0.5, 0.6) is 0 Å². The number of anilines is 3. The number of nitrogens with one attached hydrogen (secondary N) is 3. The Hall–Kier alpha value is -4.24. The maximum absolute atomic E-state index is 13.6. The fourth-order valence-corrected chi connectivity index (χ4v) is 4.52. The summed E-state index contributed by atoms with van der Waals surface area (Å²) in [6, 6.07) is 11.6. The highest BCUT2D eigenvalue weighted by Crippen LogP contribution is 2.36. The lowest BCUT2D eigenvalue weighted by Crippen LogP contribution is -2.27. The van der Waals surface area contributed by atoms with E-state index in [-0.39, 0.29) is 11.9 Å². The summed E-state index contributed by atoms with van der Waals surface area (Å²) in [7, 11) is 7.43. The van der Waals surface area contributed by atoms with E-state index < -0.39 is 0 Å². The van der Waals surface area contributed by atoms with E-state index in [0.717, 1.165) is 71.6 Å². The first kappa shape index (κ1) is 27.8. The van der Waals surface area contributed by atoms with Crippen molar-refractivity contribution in [2.24, 2.45) is 0 Å². The monoisotopic (exact) mass is 527 g/mol. The van der Waals surface area contributed by atoms with Gasteiger partial charge in [0.2, 0.25) is 0 Å². The molecule has 39 heavy (non-hydrogen) atoms. The number of pyridine rings is 2. The predicted molar refractivity (Wildman–Crippen MR) is 158 cm³/mol. The molecule has 1 aliphatic carbocycles. The van der Waals surface area contributed by atoms with E-state index in [9.17, 15) is 9.59 Å². The number of hydrogen-bond acceptors (Lipinski definition) is 6. The number of fused-ring (bicyclic) bond motifs is 1. The Labute approximate surface area is 230 Å². The SMILES string of the molecule is CCC1=C(C(=O)Nc2ccc(NCCN(C)C)nc2)c2cc(-c3cncc(NC(=O)N(C)C)c3)ccc2CC1. The van der Waals surface area contributed by atoms with E-state index >= 15 is 0 Å². The Morgan fingerprint density at radius 3 is 2.41 bits per heavy atom. The first-order valence-electron chi connectivity index (χ1n) is 13.2. The molecule has 3 amide bonds. The van der Waals surface area contributed by atoms with Crippen molar-refractivity contribution in [2.45, 2.75) is 26.2 Å². The Bertz CT molecular complexity index is 1360. The third-order valence-corrected chi connectivity index (χ3v) is 6.70. The van der Waals surface area contributed by atoms with Crippen molar-refractivity contribution in [1.82, 2.24) is 19.8 Å². The highest BCUT2D eigenvalue weighted by Gasteiger charge is 2.24. The minimum atomic E-state index is -0.222. The molecular weight excluding hydrogens is 490 g/mol. The maximum atomic E-state index is 13.6. The van der Waals surface area contributed by atoms with Gasteiger partial charge in [-0.2, -0.15) is 0 Å². The van der Waals surface area contributed by atoms with Gasteiger partial charge in [0.15, 0.2) is 0 Å². The molecule has 0 spiro atoms. The molecule has 0 unspecified atom stereocenters. The number of urea groups is 1. The van der Waals surface area contributed by atoms with Gasteiger partial charge in [0.25, 0.3) is 5.91 Å². The van der Waals surface area contributed by atoms with E-state index in [1.165, 1.54) is 4.90 Å². The summed E-state index contributed by atoms with van der Waals surface area (Å²) in [5.74, 6) is 0.638. The minimum absolute atomic E-state index is 0.134. The number of amides is 3. The summed E-state index contributed by atoms with van der Waals surface area (Å²) in [5, 5.41) is 9.19. The highest BCUT2D eigenvalue weighted by atomic mass is 16.2. The van der Waals surface area contributed by atoms with Gasteiger partial charge in [0, 0.05) is 44.5 Å². The predicted octanol–water partition coefficient (Wildman–Crippen LogP) is 4.96. The molecule has 4 rings (SSSR count). The zero-order chi connectivity index (χ0) is 27.9. The largest absolute Gasteiger partial charge is 0.369 e. The molecule has 3 N–H and O–H groups in total. The summed E-state index contributed by atoms with van der Waals surface area (Å²) in [6.07, 6.45) is 7.61. The lowest BCUT2D eigenvalue weighted by atomic mass is 9.82. The van der Waals surface area contributed by atoms with Crippen LogP contribution in [0.2, 0.25) is 0 Å². The van der Waals surface area contributed by atoms with Gasteiger partial charge in [0.05, 0.1) is 23.8 Å². The van der Waals surface area contributed by atoms with Crippen LogP contribution in [0.3, 0.4) is 0 Å². The lowest BCUT2D eigenvalue weighted by Gasteiger charge is -2.23. The molecule has 1 aliphatic rings. The quantitative estimate of drug-likeness (QED) is 0.364. The zero-order valence-corrected chi connectivity index (χ0v) is 23.3. The van der Waals surface area contributed by atoms with Crippen LogP contribution < -0.4 is 16.0 Å². The molecule has 0 saturated carbocycles. The molecule has 0 atom stereocenters. The van der Waals surface area contributed by atoms with Crippen LogP contribution in [0, 0.1) is 0 Å². The minimum Gasteiger partial charge on any atom is -0.369 e. The first-order chi connectivity index (χ1) is 18.7. The number of likely N-dealkylation sites (N-methyl/N-ethyl adjacent to an activating group) is 1. The molecule has 3 aromatic rings. The Morgan fingerprint density at radius 1 is 0.897 bits per heavy atom. The van der Waals surface area contributed by atoms with Crippen molar-refractivity contribution in [3.63, 3.8) is 0 Å². The van der Waals surface area contributed by atoms with E-state index in [1.807, 2.05) is 38.4 Å². The Morgan fingerprint density at radius 2 is 1.72 bits per heavy atom. The second-order valence-corrected chi connectivity index (χ2v) is 10.1. The third-order valence-electron chi connectivity index (χ3n) is 6.70. The van der Waals surface area contributed by atoms with E-state index in [1.54, 1.807) is 32.7 Å². The van der Waals surface area contributed by atoms with Gasteiger partial charge in [-0.3, -0.25) is 9.78 Å². The van der Waals surface area contributed by atoms with Gasteiger partial charge in [-0.25, -0.2) is 9.78 Å². The molecule has 2 heterocycles. The Balaban J connectivity index is 1.57. The maximum Gasteiger partial charge on any atom is 0.321 e. The number of allylic oxidation sites excluding steroid dienone is 1. The lowest BCUT2D eigenvalue weighted by molar-refractivity contribution is -0.111. The number of carbonyl (C=O) groups is 2. The van der Waals surface area contributed by atoms with Crippen LogP contribution in [0.25, 0.3) is 16.7 Å². The van der Waals surface area contributed by atoms with Crippen molar-refractivity contribution < 1.29 is 9.59 Å². The Kier molecular flexibility index (Phi) is 8.93. The van der Waals surface area contributed by atoms with Gasteiger partial charge in [0.1, 0.15) is 5.82 Å². The van der Waals surface area contributed by atoms with Crippen LogP contribution in [0.1, 0.15) is 30.9 Å². The summed E-state index contributed by atoms with van der Waals surface area (Å²) >= 11 is 0. The van der Waals surface area contributed by atoms with Crippen LogP contribution in [-0.4, -0.2) is 73.0 Å². The van der Waals surface area contributed by atoms with Gasteiger partial charge < -0.3 is 25.8 Å².